The zero-order chi connectivity index (χ0) is 17.6. The number of aromatic nitrogens is 3. The van der Waals surface area contributed by atoms with E-state index in [-0.39, 0.29) is 6.61 Å². The molecule has 0 aliphatic rings. The van der Waals surface area contributed by atoms with Gasteiger partial charge in [-0.15, -0.1) is 0 Å². The van der Waals surface area contributed by atoms with Gasteiger partial charge in [0.2, 0.25) is 13.1 Å². The average Bonchev–Trinajstić information content (AvgIpc) is 2.61. The van der Waals surface area contributed by atoms with E-state index in [0.29, 0.717) is 6.54 Å². The van der Waals surface area contributed by atoms with E-state index in [1.807, 2.05) is 17.0 Å². The van der Waals surface area contributed by atoms with Crippen LogP contribution in [0.1, 0.15) is 11.1 Å². The van der Waals surface area contributed by atoms with Crippen molar-refractivity contribution in [3.63, 3.8) is 0 Å². The first-order chi connectivity index (χ1) is 12.1. The fourth-order valence-electron chi connectivity index (χ4n) is 3.07. The van der Waals surface area contributed by atoms with Crippen LogP contribution in [0, 0.1) is 13.8 Å². The molecule has 1 N–H and O–H groups in total. The molecule has 4 nitrogen and oxygen atoms in total. The van der Waals surface area contributed by atoms with Crippen LogP contribution >= 0.6 is 0 Å². The highest BCUT2D eigenvalue weighted by molar-refractivity contribution is 5.60. The van der Waals surface area contributed by atoms with E-state index in [1.54, 1.807) is 0 Å². The lowest BCUT2D eigenvalue weighted by molar-refractivity contribution is -0.778. The second-order valence-corrected chi connectivity index (χ2v) is 6.50. The fourth-order valence-corrected chi connectivity index (χ4v) is 3.07. The lowest BCUT2D eigenvalue weighted by Gasteiger charge is -2.01. The van der Waals surface area contributed by atoms with Gasteiger partial charge in [-0.3, -0.25) is 0 Å². The van der Waals surface area contributed by atoms with Crippen LogP contribution in [0.3, 0.4) is 0 Å². The molecule has 0 amide bonds. The Labute approximate surface area is 149 Å². The summed E-state index contributed by atoms with van der Waals surface area (Å²) in [7, 11) is 0. The Balaban J connectivity index is 1.65. The average molecular weight is 336 g/mol. The third-order valence-electron chi connectivity index (χ3n) is 4.28. The fraction of sp³-hybridized carbons (Fsp3) is 0.286. The van der Waals surface area contributed by atoms with Gasteiger partial charge < -0.3 is 5.11 Å². The molecule has 4 heteroatoms. The molecule has 3 aromatic rings. The molecule has 0 aliphatic carbocycles. The number of rotatable bonds is 6. The largest absolute Gasteiger partial charge is 0.390 e. The van der Waals surface area contributed by atoms with E-state index in [9.17, 15) is 0 Å². The van der Waals surface area contributed by atoms with E-state index < -0.39 is 0 Å². The molecule has 3 aromatic heterocycles. The van der Waals surface area contributed by atoms with Gasteiger partial charge in [-0.05, 0) is 31.0 Å². The molecule has 25 heavy (non-hydrogen) atoms. The molecule has 3 heterocycles. The molecular weight excluding hydrogens is 310 g/mol. The molecular formula is C21H26N3O+3. The Hall–Kier alpha value is -2.59. The summed E-state index contributed by atoms with van der Waals surface area (Å²) in [5.41, 5.74) is 4.97. The maximum Gasteiger partial charge on any atom is 0.206 e. The van der Waals surface area contributed by atoms with Crippen LogP contribution < -0.4 is 13.7 Å². The third-order valence-corrected chi connectivity index (χ3v) is 4.28. The Morgan fingerprint density at radius 1 is 0.680 bits per heavy atom. The van der Waals surface area contributed by atoms with Gasteiger partial charge in [0, 0.05) is 35.4 Å². The molecule has 0 bridgehead atoms. The number of hydrogen-bond acceptors (Lipinski definition) is 1. The van der Waals surface area contributed by atoms with Crippen molar-refractivity contribution in [1.82, 2.24) is 0 Å². The van der Waals surface area contributed by atoms with Crippen molar-refractivity contribution < 1.29 is 18.8 Å². The van der Waals surface area contributed by atoms with Crippen molar-refractivity contribution >= 4 is 0 Å². The molecule has 0 spiro atoms. The van der Waals surface area contributed by atoms with Crippen molar-refractivity contribution in [3.8, 4) is 11.1 Å². The minimum Gasteiger partial charge on any atom is -0.390 e. The van der Waals surface area contributed by atoms with Crippen molar-refractivity contribution in [3.05, 3.63) is 78.6 Å². The number of nitrogens with zero attached hydrogens (tertiary/aromatic N) is 3. The Kier molecular flexibility index (Phi) is 5.51. The topological polar surface area (TPSA) is 31.9 Å². The summed E-state index contributed by atoms with van der Waals surface area (Å²) in [6, 6.07) is 10.7. The number of aliphatic hydroxyl groups is 1. The van der Waals surface area contributed by atoms with Gasteiger partial charge in [0.15, 0.2) is 43.7 Å². The lowest BCUT2D eigenvalue weighted by Crippen LogP contribution is -2.44. The van der Waals surface area contributed by atoms with Crippen molar-refractivity contribution in [2.24, 2.45) is 0 Å². The highest BCUT2D eigenvalue weighted by Gasteiger charge is 2.09. The van der Waals surface area contributed by atoms with Crippen molar-refractivity contribution in [1.29, 1.82) is 0 Å². The first-order valence-corrected chi connectivity index (χ1v) is 8.71. The molecule has 0 unspecified atom stereocenters. The molecule has 3 rings (SSSR count). The molecule has 0 saturated carbocycles. The minimum absolute atomic E-state index is 0.161. The molecule has 0 aliphatic heterocycles. The quantitative estimate of drug-likeness (QED) is 0.680. The van der Waals surface area contributed by atoms with Gasteiger partial charge >= 0.3 is 0 Å². The normalized spacial score (nSPS) is 10.8. The zero-order valence-electron chi connectivity index (χ0n) is 15.0. The van der Waals surface area contributed by atoms with Crippen LogP contribution in [0.2, 0.25) is 0 Å². The van der Waals surface area contributed by atoms with Gasteiger partial charge in [-0.25, -0.2) is 4.57 Å². The van der Waals surface area contributed by atoms with Gasteiger partial charge in [0.1, 0.15) is 6.61 Å². The maximum atomic E-state index is 8.97. The van der Waals surface area contributed by atoms with E-state index >= 15 is 0 Å². The molecule has 128 valence electrons. The maximum absolute atomic E-state index is 8.97. The SMILES string of the molecule is Cc1cc(C)c[n+](CC[n+]2ccc(-c3cc[n+](CCO)cc3)cc2)c1. The van der Waals surface area contributed by atoms with Crippen LogP contribution in [0.15, 0.2) is 67.5 Å². The standard InChI is InChI=1S/C21H26N3O/c1-18-15-19(2)17-24(16-18)12-11-22-7-3-20(4-8-22)21-5-9-23(10-6-21)13-14-25/h3-10,15-17,25H,11-14H2,1-2H3/q+3. The van der Waals surface area contributed by atoms with Crippen LogP contribution in [-0.4, -0.2) is 11.7 Å². The lowest BCUT2D eigenvalue weighted by atomic mass is 10.1. The Morgan fingerprint density at radius 3 is 1.60 bits per heavy atom. The predicted molar refractivity (Wildman–Crippen MR) is 95.5 cm³/mol. The second kappa shape index (κ2) is 7.99. The van der Waals surface area contributed by atoms with Gasteiger partial charge in [0.05, 0.1) is 0 Å². The molecule has 0 radical (unpaired) electrons. The number of pyridine rings is 3. The predicted octanol–water partition coefficient (Wildman–Crippen LogP) is 1.53. The monoisotopic (exact) mass is 336 g/mol. The van der Waals surface area contributed by atoms with Gasteiger partial charge in [-0.2, -0.15) is 9.13 Å². The molecule has 0 fully saturated rings. The van der Waals surface area contributed by atoms with E-state index in [1.165, 1.54) is 22.3 Å². The number of aliphatic hydroxyl groups excluding tert-OH is 1. The van der Waals surface area contributed by atoms with Crippen LogP contribution in [-0.2, 0) is 19.6 Å². The highest BCUT2D eigenvalue weighted by Crippen LogP contribution is 2.15. The summed E-state index contributed by atoms with van der Waals surface area (Å²) in [6.07, 6.45) is 12.6. The van der Waals surface area contributed by atoms with Gasteiger partial charge in [0.25, 0.3) is 0 Å². The van der Waals surface area contributed by atoms with Crippen LogP contribution in [0.5, 0.6) is 0 Å². The molecule has 0 atom stereocenters. The van der Waals surface area contributed by atoms with E-state index in [4.69, 9.17) is 5.11 Å². The third kappa shape index (κ3) is 4.70. The zero-order valence-corrected chi connectivity index (χ0v) is 15.0. The summed E-state index contributed by atoms with van der Waals surface area (Å²) >= 11 is 0. The number of aryl methyl sites for hydroxylation is 4. The number of hydrogen-bond donors (Lipinski definition) is 1. The summed E-state index contributed by atoms with van der Waals surface area (Å²) in [6.45, 7) is 6.96. The second-order valence-electron chi connectivity index (χ2n) is 6.50. The first-order valence-electron chi connectivity index (χ1n) is 8.71. The smallest absolute Gasteiger partial charge is 0.206 e. The first kappa shape index (κ1) is 17.2. The summed E-state index contributed by atoms with van der Waals surface area (Å²) in [4.78, 5) is 0. The van der Waals surface area contributed by atoms with Crippen LogP contribution in [0.25, 0.3) is 11.1 Å². The highest BCUT2D eigenvalue weighted by atomic mass is 16.3. The summed E-state index contributed by atoms with van der Waals surface area (Å²) in [5, 5.41) is 8.97. The van der Waals surface area contributed by atoms with E-state index in [2.05, 4.69) is 78.1 Å². The molecule has 0 saturated heterocycles. The molecule has 0 aromatic carbocycles. The van der Waals surface area contributed by atoms with Crippen LogP contribution in [0.4, 0.5) is 0 Å². The summed E-state index contributed by atoms with van der Waals surface area (Å²) < 4.78 is 6.44. The Morgan fingerprint density at radius 2 is 1.12 bits per heavy atom. The van der Waals surface area contributed by atoms with Crippen molar-refractivity contribution in [2.45, 2.75) is 33.5 Å². The van der Waals surface area contributed by atoms with E-state index in [0.717, 1.165) is 13.1 Å². The Bertz CT molecular complexity index is 807. The summed E-state index contributed by atoms with van der Waals surface area (Å²) in [5.74, 6) is 0. The van der Waals surface area contributed by atoms with Gasteiger partial charge in [-0.1, -0.05) is 0 Å². The van der Waals surface area contributed by atoms with Crippen molar-refractivity contribution in [2.75, 3.05) is 6.61 Å². The minimum atomic E-state index is 0.161.